The highest BCUT2D eigenvalue weighted by Crippen LogP contribution is 2.23. The predicted octanol–water partition coefficient (Wildman–Crippen LogP) is 2.54. The van der Waals surface area contributed by atoms with E-state index in [-0.39, 0.29) is 30.3 Å². The van der Waals surface area contributed by atoms with Crippen LogP contribution in [0.1, 0.15) is 41.3 Å². The molecule has 0 aliphatic carbocycles. The van der Waals surface area contributed by atoms with Gasteiger partial charge in [0, 0.05) is 12.0 Å². The van der Waals surface area contributed by atoms with E-state index in [1.165, 1.54) is 0 Å². The molecule has 0 fully saturated rings. The number of carbonyl (C=O) groups is 2. The summed E-state index contributed by atoms with van der Waals surface area (Å²) < 4.78 is 4.76. The first-order valence-electron chi connectivity index (χ1n) is 5.94. The van der Waals surface area contributed by atoms with Gasteiger partial charge in [0.1, 0.15) is 5.75 Å². The molecule has 1 rings (SSSR count). The van der Waals surface area contributed by atoms with Crippen LogP contribution in [0.2, 0.25) is 0 Å². The third-order valence-corrected chi connectivity index (χ3v) is 2.67. The molecule has 0 unspecified atom stereocenters. The molecule has 0 saturated heterocycles. The number of rotatable bonds is 5. The number of ketones is 1. The number of benzene rings is 1. The number of hydrogen-bond donors (Lipinski definition) is 1. The van der Waals surface area contributed by atoms with Gasteiger partial charge in [-0.1, -0.05) is 0 Å². The number of hydrogen-bond acceptors (Lipinski definition) is 4. The monoisotopic (exact) mass is 250 g/mol. The molecule has 18 heavy (non-hydrogen) atoms. The smallest absolute Gasteiger partial charge is 0.306 e. The molecular formula is C14H18O4. The molecule has 0 bridgehead atoms. The van der Waals surface area contributed by atoms with Gasteiger partial charge in [0.2, 0.25) is 0 Å². The zero-order valence-corrected chi connectivity index (χ0v) is 10.9. The highest BCUT2D eigenvalue weighted by atomic mass is 16.5. The minimum absolute atomic E-state index is 0.0889. The second-order valence-electron chi connectivity index (χ2n) is 4.19. The van der Waals surface area contributed by atoms with Crippen molar-refractivity contribution >= 4 is 11.8 Å². The van der Waals surface area contributed by atoms with Crippen LogP contribution in [0.3, 0.4) is 0 Å². The maximum Gasteiger partial charge on any atom is 0.306 e. The lowest BCUT2D eigenvalue weighted by molar-refractivity contribution is -0.143. The third kappa shape index (κ3) is 3.58. The lowest BCUT2D eigenvalue weighted by Crippen LogP contribution is -2.08. The molecule has 0 aromatic heterocycles. The van der Waals surface area contributed by atoms with Crippen molar-refractivity contribution in [1.29, 1.82) is 0 Å². The van der Waals surface area contributed by atoms with Gasteiger partial charge >= 0.3 is 5.97 Å². The van der Waals surface area contributed by atoms with Gasteiger partial charge in [0.15, 0.2) is 5.78 Å². The number of Topliss-reactive ketones (excluding diaryl/α,β-unsaturated/α-hetero) is 1. The molecule has 0 heterocycles. The minimum Gasteiger partial charge on any atom is -0.507 e. The van der Waals surface area contributed by atoms with Crippen molar-refractivity contribution in [2.75, 3.05) is 6.61 Å². The Kier molecular flexibility index (Phi) is 4.89. The first-order chi connectivity index (χ1) is 8.45. The average Bonchev–Trinajstić information content (AvgIpc) is 2.32. The predicted molar refractivity (Wildman–Crippen MR) is 67.8 cm³/mol. The number of esters is 1. The number of phenols is 1. The zero-order chi connectivity index (χ0) is 13.7. The van der Waals surface area contributed by atoms with Crippen LogP contribution >= 0.6 is 0 Å². The third-order valence-electron chi connectivity index (χ3n) is 2.67. The Morgan fingerprint density at radius 2 is 1.72 bits per heavy atom. The molecule has 1 N–H and O–H groups in total. The molecule has 0 aliphatic heterocycles. The summed E-state index contributed by atoms with van der Waals surface area (Å²) in [6, 6.07) is 3.27. The van der Waals surface area contributed by atoms with Crippen molar-refractivity contribution in [1.82, 2.24) is 0 Å². The minimum atomic E-state index is -0.363. The molecule has 98 valence electrons. The van der Waals surface area contributed by atoms with E-state index in [9.17, 15) is 14.7 Å². The van der Waals surface area contributed by atoms with Gasteiger partial charge in [-0.2, -0.15) is 0 Å². The second kappa shape index (κ2) is 6.19. The summed E-state index contributed by atoms with van der Waals surface area (Å²) in [5, 5.41) is 9.62. The first kappa shape index (κ1) is 14.2. The Hall–Kier alpha value is -1.84. The van der Waals surface area contributed by atoms with Crippen LogP contribution in [0, 0.1) is 13.8 Å². The van der Waals surface area contributed by atoms with Crippen LogP contribution < -0.4 is 0 Å². The van der Waals surface area contributed by atoms with Crippen LogP contribution in [0.5, 0.6) is 5.75 Å². The van der Waals surface area contributed by atoms with Crippen LogP contribution in [0.15, 0.2) is 12.1 Å². The Morgan fingerprint density at radius 3 is 2.22 bits per heavy atom. The topological polar surface area (TPSA) is 63.6 Å². The standard InChI is InChI=1S/C14H18O4/c1-4-18-13(16)6-5-12(15)11-7-9(2)14(17)10(3)8-11/h7-8,17H,4-6H2,1-3H3. The van der Waals surface area contributed by atoms with Crippen LogP contribution in [0.4, 0.5) is 0 Å². The summed E-state index contributed by atoms with van der Waals surface area (Å²) in [4.78, 5) is 23.0. The number of aryl methyl sites for hydroxylation is 2. The first-order valence-corrected chi connectivity index (χ1v) is 5.94. The van der Waals surface area contributed by atoms with Gasteiger partial charge in [-0.15, -0.1) is 0 Å². The molecule has 0 saturated carbocycles. The SMILES string of the molecule is CCOC(=O)CCC(=O)c1cc(C)c(O)c(C)c1. The van der Waals surface area contributed by atoms with Crippen molar-refractivity contribution in [2.24, 2.45) is 0 Å². The summed E-state index contributed by atoms with van der Waals surface area (Å²) in [5.41, 5.74) is 1.84. The maximum absolute atomic E-state index is 11.9. The van der Waals surface area contributed by atoms with Crippen LogP contribution in [-0.2, 0) is 9.53 Å². The van der Waals surface area contributed by atoms with E-state index in [0.717, 1.165) is 0 Å². The molecule has 4 nitrogen and oxygen atoms in total. The van der Waals surface area contributed by atoms with Gasteiger partial charge in [-0.3, -0.25) is 9.59 Å². The number of ether oxygens (including phenoxy) is 1. The van der Waals surface area contributed by atoms with Crippen molar-refractivity contribution in [3.05, 3.63) is 28.8 Å². The Balaban J connectivity index is 2.70. The highest BCUT2D eigenvalue weighted by molar-refractivity contribution is 5.98. The van der Waals surface area contributed by atoms with Gasteiger partial charge in [-0.25, -0.2) is 0 Å². The van der Waals surface area contributed by atoms with E-state index >= 15 is 0 Å². The Morgan fingerprint density at radius 1 is 1.17 bits per heavy atom. The van der Waals surface area contributed by atoms with Crippen LogP contribution in [-0.4, -0.2) is 23.5 Å². The number of phenolic OH excluding ortho intramolecular Hbond substituents is 1. The van der Waals surface area contributed by atoms with E-state index in [1.807, 2.05) is 0 Å². The molecule has 0 amide bonds. The summed E-state index contributed by atoms with van der Waals surface area (Å²) in [6.45, 7) is 5.53. The quantitative estimate of drug-likeness (QED) is 0.644. The molecule has 0 spiro atoms. The van der Waals surface area contributed by atoms with Crippen molar-refractivity contribution < 1.29 is 19.4 Å². The molecule has 0 aliphatic rings. The number of aromatic hydroxyl groups is 1. The van der Waals surface area contributed by atoms with Gasteiger partial charge < -0.3 is 9.84 Å². The van der Waals surface area contributed by atoms with Crippen molar-refractivity contribution in [3.63, 3.8) is 0 Å². The van der Waals surface area contributed by atoms with Gasteiger partial charge in [0.05, 0.1) is 13.0 Å². The molecule has 1 aromatic carbocycles. The summed E-state index contributed by atoms with van der Waals surface area (Å²) in [6.07, 6.45) is 0.216. The molecule has 0 atom stereocenters. The summed E-state index contributed by atoms with van der Waals surface area (Å²) in [7, 11) is 0. The highest BCUT2D eigenvalue weighted by Gasteiger charge is 2.12. The van der Waals surface area contributed by atoms with E-state index < -0.39 is 0 Å². The van der Waals surface area contributed by atoms with Crippen molar-refractivity contribution in [3.8, 4) is 5.75 Å². The van der Waals surface area contributed by atoms with Gasteiger partial charge in [0.25, 0.3) is 0 Å². The number of carbonyl (C=O) groups excluding carboxylic acids is 2. The average molecular weight is 250 g/mol. The fraction of sp³-hybridized carbons (Fsp3) is 0.429. The Bertz CT molecular complexity index is 440. The van der Waals surface area contributed by atoms with E-state index in [0.29, 0.717) is 23.3 Å². The van der Waals surface area contributed by atoms with Crippen LogP contribution in [0.25, 0.3) is 0 Å². The second-order valence-corrected chi connectivity index (χ2v) is 4.19. The fourth-order valence-corrected chi connectivity index (χ4v) is 1.71. The fourth-order valence-electron chi connectivity index (χ4n) is 1.71. The molecular weight excluding hydrogens is 232 g/mol. The largest absolute Gasteiger partial charge is 0.507 e. The van der Waals surface area contributed by atoms with E-state index in [1.54, 1.807) is 32.9 Å². The zero-order valence-electron chi connectivity index (χ0n) is 10.9. The molecule has 4 heteroatoms. The van der Waals surface area contributed by atoms with E-state index in [4.69, 9.17) is 4.74 Å². The van der Waals surface area contributed by atoms with Crippen molar-refractivity contribution in [2.45, 2.75) is 33.6 Å². The lowest BCUT2D eigenvalue weighted by atomic mass is 10.0. The lowest BCUT2D eigenvalue weighted by Gasteiger charge is -2.07. The van der Waals surface area contributed by atoms with Gasteiger partial charge in [-0.05, 0) is 44.0 Å². The Labute approximate surface area is 107 Å². The molecule has 0 radical (unpaired) electrons. The summed E-state index contributed by atoms with van der Waals surface area (Å²) >= 11 is 0. The maximum atomic E-state index is 11.9. The van der Waals surface area contributed by atoms with E-state index in [2.05, 4.69) is 0 Å². The summed E-state index contributed by atoms with van der Waals surface area (Å²) in [5.74, 6) is -0.274. The molecule has 1 aromatic rings. The normalized spacial score (nSPS) is 10.2.